The highest BCUT2D eigenvalue weighted by Gasteiger charge is 2.11. The standard InChI is InChI=1S/C16H14O2/c17-15(11-13-7-3-1-4-8-13)12-16(18)14-9-5-2-6-10-14/h1-10H,11-12H2. The van der Waals surface area contributed by atoms with Crippen molar-refractivity contribution in [3.8, 4) is 0 Å². The minimum absolute atomic E-state index is 0.0289. The molecule has 0 aliphatic rings. The van der Waals surface area contributed by atoms with Crippen LogP contribution < -0.4 is 0 Å². The van der Waals surface area contributed by atoms with Gasteiger partial charge in [-0.3, -0.25) is 9.59 Å². The van der Waals surface area contributed by atoms with Gasteiger partial charge in [-0.15, -0.1) is 0 Å². The molecule has 0 atom stereocenters. The van der Waals surface area contributed by atoms with E-state index in [2.05, 4.69) is 0 Å². The third-order valence-corrected chi connectivity index (χ3v) is 2.70. The summed E-state index contributed by atoms with van der Waals surface area (Å²) in [7, 11) is 0. The minimum Gasteiger partial charge on any atom is -0.299 e. The van der Waals surface area contributed by atoms with Crippen molar-refractivity contribution in [2.45, 2.75) is 12.8 Å². The monoisotopic (exact) mass is 238 g/mol. The van der Waals surface area contributed by atoms with E-state index < -0.39 is 0 Å². The second-order valence-corrected chi connectivity index (χ2v) is 4.17. The maximum Gasteiger partial charge on any atom is 0.170 e. The molecule has 0 aliphatic carbocycles. The van der Waals surface area contributed by atoms with Crippen molar-refractivity contribution < 1.29 is 9.59 Å². The van der Waals surface area contributed by atoms with Crippen LogP contribution in [0.5, 0.6) is 0 Å². The summed E-state index contributed by atoms with van der Waals surface area (Å²) >= 11 is 0. The molecule has 0 fully saturated rings. The summed E-state index contributed by atoms with van der Waals surface area (Å²) in [5.41, 5.74) is 1.54. The van der Waals surface area contributed by atoms with Gasteiger partial charge in [0.05, 0.1) is 6.42 Å². The highest BCUT2D eigenvalue weighted by Crippen LogP contribution is 2.07. The first kappa shape index (κ1) is 12.2. The minimum atomic E-state index is -0.114. The summed E-state index contributed by atoms with van der Waals surface area (Å²) in [5.74, 6) is -0.161. The fourth-order valence-electron chi connectivity index (χ4n) is 1.79. The summed E-state index contributed by atoms with van der Waals surface area (Å²) in [6.45, 7) is 0. The van der Waals surface area contributed by atoms with E-state index in [1.54, 1.807) is 24.3 Å². The van der Waals surface area contributed by atoms with Gasteiger partial charge in [0, 0.05) is 12.0 Å². The van der Waals surface area contributed by atoms with Gasteiger partial charge in [-0.25, -0.2) is 0 Å². The lowest BCUT2D eigenvalue weighted by atomic mass is 10.0. The summed E-state index contributed by atoms with van der Waals surface area (Å²) in [5, 5.41) is 0. The van der Waals surface area contributed by atoms with E-state index in [0.29, 0.717) is 12.0 Å². The molecule has 0 unspecified atom stereocenters. The molecule has 0 saturated heterocycles. The van der Waals surface area contributed by atoms with Crippen molar-refractivity contribution >= 4 is 11.6 Å². The van der Waals surface area contributed by atoms with Crippen LogP contribution in [0.3, 0.4) is 0 Å². The molecule has 0 N–H and O–H groups in total. The molecule has 2 rings (SSSR count). The van der Waals surface area contributed by atoms with E-state index in [4.69, 9.17) is 0 Å². The molecule has 0 aromatic heterocycles. The average molecular weight is 238 g/mol. The first-order valence-corrected chi connectivity index (χ1v) is 5.89. The smallest absolute Gasteiger partial charge is 0.170 e. The zero-order chi connectivity index (χ0) is 12.8. The summed E-state index contributed by atoms with van der Waals surface area (Å²) in [6, 6.07) is 18.4. The topological polar surface area (TPSA) is 34.1 Å². The Balaban J connectivity index is 1.94. The van der Waals surface area contributed by atoms with Gasteiger partial charge in [0.1, 0.15) is 5.78 Å². The number of hydrogen-bond acceptors (Lipinski definition) is 2. The van der Waals surface area contributed by atoms with Crippen LogP contribution in [0.4, 0.5) is 0 Å². The molecule has 0 spiro atoms. The molecule has 2 aromatic carbocycles. The zero-order valence-corrected chi connectivity index (χ0v) is 10.0. The molecule has 0 bridgehead atoms. The number of carbonyl (C=O) groups excluding carboxylic acids is 2. The van der Waals surface area contributed by atoms with E-state index in [1.165, 1.54) is 0 Å². The molecule has 0 aliphatic heterocycles. The van der Waals surface area contributed by atoms with Crippen LogP contribution in [0.2, 0.25) is 0 Å². The zero-order valence-electron chi connectivity index (χ0n) is 10.0. The van der Waals surface area contributed by atoms with Crippen molar-refractivity contribution in [2.24, 2.45) is 0 Å². The largest absolute Gasteiger partial charge is 0.299 e. The second-order valence-electron chi connectivity index (χ2n) is 4.17. The predicted molar refractivity (Wildman–Crippen MR) is 70.5 cm³/mol. The Hall–Kier alpha value is -2.22. The highest BCUT2D eigenvalue weighted by molar-refractivity contribution is 6.08. The Bertz CT molecular complexity index is 530. The summed E-state index contributed by atoms with van der Waals surface area (Å²) in [4.78, 5) is 23.6. The van der Waals surface area contributed by atoms with Crippen molar-refractivity contribution in [3.05, 3.63) is 71.8 Å². The Morgan fingerprint density at radius 2 is 1.33 bits per heavy atom. The molecule has 2 aromatic rings. The Morgan fingerprint density at radius 3 is 1.94 bits per heavy atom. The maximum atomic E-state index is 11.8. The van der Waals surface area contributed by atoms with Crippen molar-refractivity contribution in [3.63, 3.8) is 0 Å². The van der Waals surface area contributed by atoms with Crippen LogP contribution in [-0.4, -0.2) is 11.6 Å². The van der Waals surface area contributed by atoms with Crippen molar-refractivity contribution in [2.75, 3.05) is 0 Å². The third kappa shape index (κ3) is 3.39. The second kappa shape index (κ2) is 5.92. The van der Waals surface area contributed by atoms with Crippen LogP contribution in [0.15, 0.2) is 60.7 Å². The molecule has 0 saturated carbocycles. The molecule has 2 heteroatoms. The number of ketones is 2. The van der Waals surface area contributed by atoms with Crippen molar-refractivity contribution in [1.82, 2.24) is 0 Å². The predicted octanol–water partition coefficient (Wildman–Crippen LogP) is 3.07. The molecular formula is C16H14O2. The number of rotatable bonds is 5. The van der Waals surface area contributed by atoms with E-state index in [-0.39, 0.29) is 18.0 Å². The first-order chi connectivity index (χ1) is 8.75. The summed E-state index contributed by atoms with van der Waals surface area (Å²) < 4.78 is 0. The average Bonchev–Trinajstić information content (AvgIpc) is 2.40. The third-order valence-electron chi connectivity index (χ3n) is 2.70. The van der Waals surface area contributed by atoms with E-state index in [0.717, 1.165) is 5.56 Å². The molecule has 90 valence electrons. The first-order valence-electron chi connectivity index (χ1n) is 5.89. The van der Waals surface area contributed by atoms with Crippen LogP contribution in [0.25, 0.3) is 0 Å². The molecule has 0 heterocycles. The van der Waals surface area contributed by atoms with E-state index >= 15 is 0 Å². The van der Waals surface area contributed by atoms with E-state index in [1.807, 2.05) is 36.4 Å². The Kier molecular flexibility index (Phi) is 4.02. The lowest BCUT2D eigenvalue weighted by Gasteiger charge is -2.01. The van der Waals surface area contributed by atoms with Gasteiger partial charge in [-0.2, -0.15) is 0 Å². The van der Waals surface area contributed by atoms with Crippen LogP contribution in [0, 0.1) is 0 Å². The normalized spacial score (nSPS) is 10.0. The van der Waals surface area contributed by atoms with Crippen LogP contribution in [0.1, 0.15) is 22.3 Å². The van der Waals surface area contributed by atoms with Gasteiger partial charge in [0.25, 0.3) is 0 Å². The van der Waals surface area contributed by atoms with Gasteiger partial charge in [-0.05, 0) is 5.56 Å². The maximum absolute atomic E-state index is 11.8. The SMILES string of the molecule is O=C(CC(=O)c1ccccc1)Cc1ccccc1. The molecular weight excluding hydrogens is 224 g/mol. The lowest BCUT2D eigenvalue weighted by Crippen LogP contribution is -2.10. The van der Waals surface area contributed by atoms with Gasteiger partial charge < -0.3 is 0 Å². The molecule has 18 heavy (non-hydrogen) atoms. The summed E-state index contributed by atoms with van der Waals surface area (Å²) in [6.07, 6.45) is 0.290. The van der Waals surface area contributed by atoms with Crippen molar-refractivity contribution in [1.29, 1.82) is 0 Å². The lowest BCUT2D eigenvalue weighted by molar-refractivity contribution is -0.117. The van der Waals surface area contributed by atoms with E-state index in [9.17, 15) is 9.59 Å². The van der Waals surface area contributed by atoms with Gasteiger partial charge in [-0.1, -0.05) is 60.7 Å². The van der Waals surface area contributed by atoms with Gasteiger partial charge in [0.15, 0.2) is 5.78 Å². The molecule has 2 nitrogen and oxygen atoms in total. The fraction of sp³-hybridized carbons (Fsp3) is 0.125. The number of hydrogen-bond donors (Lipinski definition) is 0. The molecule has 0 amide bonds. The molecule has 0 radical (unpaired) electrons. The highest BCUT2D eigenvalue weighted by atomic mass is 16.1. The Morgan fingerprint density at radius 1 is 0.778 bits per heavy atom. The van der Waals surface area contributed by atoms with Gasteiger partial charge >= 0.3 is 0 Å². The number of Topliss-reactive ketones (excluding diaryl/α,β-unsaturated/α-hetero) is 2. The van der Waals surface area contributed by atoms with Crippen LogP contribution >= 0.6 is 0 Å². The quantitative estimate of drug-likeness (QED) is 0.592. The Labute approximate surface area is 106 Å². The number of carbonyl (C=O) groups is 2. The fourth-order valence-corrected chi connectivity index (χ4v) is 1.79. The number of benzene rings is 2. The van der Waals surface area contributed by atoms with Crippen LogP contribution in [-0.2, 0) is 11.2 Å². The van der Waals surface area contributed by atoms with Gasteiger partial charge in [0.2, 0.25) is 0 Å².